The first-order valence-electron chi connectivity index (χ1n) is 5.42. The number of hydrogen-bond acceptors (Lipinski definition) is 3. The van der Waals surface area contributed by atoms with E-state index >= 15 is 0 Å². The Morgan fingerprint density at radius 3 is 2.58 bits per heavy atom. The second-order valence-electron chi connectivity index (χ2n) is 4.25. The summed E-state index contributed by atoms with van der Waals surface area (Å²) < 4.78 is 13.6. The van der Waals surface area contributed by atoms with Gasteiger partial charge >= 0.3 is 0 Å². The Morgan fingerprint density at radius 2 is 1.95 bits per heavy atom. The molecular formula is C13H11Cl2FN2O. The van der Waals surface area contributed by atoms with Crippen molar-refractivity contribution in [3.8, 4) is 0 Å². The molecule has 2 aromatic rings. The molecule has 3 N–H and O–H groups in total. The Labute approximate surface area is 119 Å². The number of benzene rings is 1. The second kappa shape index (κ2) is 4.96. The lowest BCUT2D eigenvalue weighted by atomic mass is 9.88. The monoisotopic (exact) mass is 300 g/mol. The molecule has 2 rings (SSSR count). The van der Waals surface area contributed by atoms with Gasteiger partial charge in [-0.1, -0.05) is 29.3 Å². The molecule has 1 heterocycles. The van der Waals surface area contributed by atoms with Gasteiger partial charge in [-0.05, 0) is 25.1 Å². The zero-order valence-corrected chi connectivity index (χ0v) is 11.5. The first kappa shape index (κ1) is 14.1. The number of nitrogen functional groups attached to an aromatic ring is 1. The van der Waals surface area contributed by atoms with Gasteiger partial charge in [0.05, 0.1) is 5.02 Å². The van der Waals surface area contributed by atoms with E-state index in [9.17, 15) is 9.50 Å². The van der Waals surface area contributed by atoms with E-state index in [1.807, 2.05) is 0 Å². The third-order valence-corrected chi connectivity index (χ3v) is 3.50. The first-order valence-corrected chi connectivity index (χ1v) is 6.18. The number of rotatable bonds is 2. The summed E-state index contributed by atoms with van der Waals surface area (Å²) >= 11 is 11.7. The van der Waals surface area contributed by atoms with E-state index in [0.29, 0.717) is 5.56 Å². The van der Waals surface area contributed by atoms with Crippen molar-refractivity contribution in [1.82, 2.24) is 4.98 Å². The molecule has 0 spiro atoms. The minimum absolute atomic E-state index is 0.108. The van der Waals surface area contributed by atoms with Gasteiger partial charge in [0.15, 0.2) is 0 Å². The summed E-state index contributed by atoms with van der Waals surface area (Å²) in [6.07, 6.45) is 1.50. The highest BCUT2D eigenvalue weighted by Gasteiger charge is 2.31. The number of pyridine rings is 1. The third kappa shape index (κ3) is 2.52. The minimum Gasteiger partial charge on any atom is -0.383 e. The van der Waals surface area contributed by atoms with Gasteiger partial charge in [-0.2, -0.15) is 0 Å². The van der Waals surface area contributed by atoms with Crippen molar-refractivity contribution >= 4 is 29.0 Å². The molecule has 0 amide bonds. The van der Waals surface area contributed by atoms with Crippen molar-refractivity contribution in [2.24, 2.45) is 0 Å². The Kier molecular flexibility index (Phi) is 3.67. The highest BCUT2D eigenvalue weighted by Crippen LogP contribution is 2.37. The number of hydrogen-bond donors (Lipinski definition) is 2. The van der Waals surface area contributed by atoms with Gasteiger partial charge in [0.2, 0.25) is 0 Å². The summed E-state index contributed by atoms with van der Waals surface area (Å²) in [6, 6.07) is 5.57. The minimum atomic E-state index is -1.57. The fourth-order valence-corrected chi connectivity index (χ4v) is 2.44. The molecule has 19 heavy (non-hydrogen) atoms. The van der Waals surface area contributed by atoms with Crippen LogP contribution in [0.3, 0.4) is 0 Å². The van der Waals surface area contributed by atoms with Crippen LogP contribution in [-0.4, -0.2) is 10.1 Å². The molecule has 0 saturated carbocycles. The Hall–Kier alpha value is -1.36. The maximum absolute atomic E-state index is 13.6. The summed E-state index contributed by atoms with van der Waals surface area (Å²) in [5.74, 6) is -0.511. The summed E-state index contributed by atoms with van der Waals surface area (Å²) in [4.78, 5) is 3.90. The topological polar surface area (TPSA) is 59.1 Å². The molecule has 3 nitrogen and oxygen atoms in total. The highest BCUT2D eigenvalue weighted by molar-refractivity contribution is 6.35. The van der Waals surface area contributed by atoms with Crippen LogP contribution in [0.5, 0.6) is 0 Å². The van der Waals surface area contributed by atoms with Crippen LogP contribution in [-0.2, 0) is 5.60 Å². The molecular weight excluding hydrogens is 290 g/mol. The van der Waals surface area contributed by atoms with Crippen molar-refractivity contribution in [2.75, 3.05) is 5.73 Å². The zero-order chi connectivity index (χ0) is 14.2. The maximum atomic E-state index is 13.6. The highest BCUT2D eigenvalue weighted by atomic mass is 35.5. The fourth-order valence-electron chi connectivity index (χ4n) is 1.87. The molecule has 1 unspecified atom stereocenters. The maximum Gasteiger partial charge on any atom is 0.142 e. The van der Waals surface area contributed by atoms with Gasteiger partial charge in [0.25, 0.3) is 0 Å². The SMILES string of the molecule is CC(O)(c1cc(F)c(Cl)cc1Cl)c1cccnc1N. The van der Waals surface area contributed by atoms with Gasteiger partial charge in [-0.25, -0.2) is 9.37 Å². The van der Waals surface area contributed by atoms with E-state index in [2.05, 4.69) is 4.98 Å². The number of nitrogens with zero attached hydrogens (tertiary/aromatic N) is 1. The van der Waals surface area contributed by atoms with Crippen LogP contribution in [0.1, 0.15) is 18.1 Å². The molecule has 0 radical (unpaired) electrons. The molecule has 100 valence electrons. The van der Waals surface area contributed by atoms with Crippen molar-refractivity contribution in [2.45, 2.75) is 12.5 Å². The Morgan fingerprint density at radius 1 is 1.26 bits per heavy atom. The molecule has 0 bridgehead atoms. The van der Waals surface area contributed by atoms with Crippen LogP contribution >= 0.6 is 23.2 Å². The van der Waals surface area contributed by atoms with Crippen LogP contribution in [0, 0.1) is 5.82 Å². The van der Waals surface area contributed by atoms with E-state index in [-0.39, 0.29) is 21.4 Å². The summed E-state index contributed by atoms with van der Waals surface area (Å²) in [6.45, 7) is 1.47. The molecule has 0 aliphatic carbocycles. The normalized spacial score (nSPS) is 14.2. The van der Waals surface area contributed by atoms with E-state index < -0.39 is 11.4 Å². The van der Waals surface area contributed by atoms with Gasteiger partial charge in [0.1, 0.15) is 17.2 Å². The molecule has 1 aromatic carbocycles. The standard InChI is InChI=1S/C13H11Cl2FN2O/c1-13(19,7-3-2-4-18-12(7)17)8-5-11(16)10(15)6-9(8)14/h2-6,19H,1H3,(H2,17,18). The predicted octanol–water partition coefficient (Wildman–Crippen LogP) is 3.37. The molecule has 1 aromatic heterocycles. The van der Waals surface area contributed by atoms with Crippen molar-refractivity contribution in [1.29, 1.82) is 0 Å². The van der Waals surface area contributed by atoms with Gasteiger partial charge in [0, 0.05) is 22.3 Å². The van der Waals surface area contributed by atoms with Gasteiger partial charge in [-0.15, -0.1) is 0 Å². The lowest BCUT2D eigenvalue weighted by molar-refractivity contribution is 0.102. The third-order valence-electron chi connectivity index (χ3n) is 2.90. The van der Waals surface area contributed by atoms with Crippen molar-refractivity contribution < 1.29 is 9.50 Å². The number of aliphatic hydroxyl groups is 1. The van der Waals surface area contributed by atoms with Crippen LogP contribution in [0.2, 0.25) is 10.0 Å². The molecule has 1 atom stereocenters. The average molecular weight is 301 g/mol. The zero-order valence-electron chi connectivity index (χ0n) is 9.99. The lowest BCUT2D eigenvalue weighted by Gasteiger charge is -2.26. The number of aromatic nitrogens is 1. The van der Waals surface area contributed by atoms with E-state index in [1.165, 1.54) is 19.2 Å². The van der Waals surface area contributed by atoms with E-state index in [0.717, 1.165) is 6.07 Å². The molecule has 0 fully saturated rings. The summed E-state index contributed by atoms with van der Waals surface area (Å²) in [7, 11) is 0. The van der Waals surface area contributed by atoms with Crippen LogP contribution in [0.25, 0.3) is 0 Å². The van der Waals surface area contributed by atoms with Gasteiger partial charge in [-0.3, -0.25) is 0 Å². The Balaban J connectivity index is 2.63. The van der Waals surface area contributed by atoms with Crippen LogP contribution in [0.15, 0.2) is 30.5 Å². The molecule has 0 aliphatic rings. The lowest BCUT2D eigenvalue weighted by Crippen LogP contribution is -2.25. The quantitative estimate of drug-likeness (QED) is 0.836. The second-order valence-corrected chi connectivity index (χ2v) is 5.07. The summed E-state index contributed by atoms with van der Waals surface area (Å²) in [5.41, 5.74) is 4.68. The van der Waals surface area contributed by atoms with Crippen molar-refractivity contribution in [3.63, 3.8) is 0 Å². The van der Waals surface area contributed by atoms with E-state index in [1.54, 1.807) is 12.1 Å². The number of halogens is 3. The summed E-state index contributed by atoms with van der Waals surface area (Å²) in [5, 5.41) is 10.7. The van der Waals surface area contributed by atoms with Crippen LogP contribution < -0.4 is 5.73 Å². The first-order chi connectivity index (χ1) is 8.84. The largest absolute Gasteiger partial charge is 0.383 e. The number of nitrogens with two attached hydrogens (primary N) is 1. The van der Waals surface area contributed by atoms with Gasteiger partial charge < -0.3 is 10.8 Å². The van der Waals surface area contributed by atoms with Crippen molar-refractivity contribution in [3.05, 3.63) is 57.5 Å². The smallest absolute Gasteiger partial charge is 0.142 e. The number of anilines is 1. The molecule has 0 aliphatic heterocycles. The predicted molar refractivity (Wildman–Crippen MR) is 73.7 cm³/mol. The molecule has 0 saturated heterocycles. The average Bonchev–Trinajstić information content (AvgIpc) is 2.34. The van der Waals surface area contributed by atoms with Crippen LogP contribution in [0.4, 0.5) is 10.2 Å². The van der Waals surface area contributed by atoms with E-state index in [4.69, 9.17) is 28.9 Å². The fraction of sp³-hybridized carbons (Fsp3) is 0.154. The molecule has 6 heteroatoms. The Bertz CT molecular complexity index is 632.